The Kier molecular flexibility index (Phi) is 8.05. The highest BCUT2D eigenvalue weighted by Crippen LogP contribution is 2.32. The van der Waals surface area contributed by atoms with E-state index >= 15 is 0 Å². The van der Waals surface area contributed by atoms with E-state index in [4.69, 9.17) is 17.0 Å². The Morgan fingerprint density at radius 2 is 1.90 bits per heavy atom. The third-order valence-corrected chi connectivity index (χ3v) is 4.68. The molecule has 2 aromatic rings. The molecule has 0 atom stereocenters. The molecule has 0 aliphatic heterocycles. The fourth-order valence-corrected chi connectivity index (χ4v) is 3.93. The van der Waals surface area contributed by atoms with Gasteiger partial charge in [-0.1, -0.05) is 28.1 Å². The second kappa shape index (κ2) is 10.3. The molecule has 29 heavy (non-hydrogen) atoms. The van der Waals surface area contributed by atoms with Crippen LogP contribution in [0.1, 0.15) is 15.9 Å². The third-order valence-electron chi connectivity index (χ3n) is 3.43. The number of para-hydroxylation sites is 1. The lowest BCUT2D eigenvalue weighted by Crippen LogP contribution is -2.49. The van der Waals surface area contributed by atoms with E-state index in [1.807, 2.05) is 13.0 Å². The van der Waals surface area contributed by atoms with Crippen molar-refractivity contribution in [3.8, 4) is 5.75 Å². The van der Waals surface area contributed by atoms with Gasteiger partial charge in [0.05, 0.1) is 9.40 Å². The largest absolute Gasteiger partial charge is 0.482 e. The van der Waals surface area contributed by atoms with Crippen molar-refractivity contribution >= 4 is 66.7 Å². The average molecular weight is 546 g/mol. The van der Waals surface area contributed by atoms with Crippen LogP contribution in [0, 0.1) is 17.0 Å². The van der Waals surface area contributed by atoms with Crippen molar-refractivity contribution in [2.24, 2.45) is 0 Å². The van der Waals surface area contributed by atoms with E-state index in [9.17, 15) is 19.7 Å². The van der Waals surface area contributed by atoms with Gasteiger partial charge in [0.25, 0.3) is 17.5 Å². The minimum Gasteiger partial charge on any atom is -0.482 e. The highest BCUT2D eigenvalue weighted by atomic mass is 79.9. The summed E-state index contributed by atoms with van der Waals surface area (Å²) in [6, 6.07) is 9.05. The van der Waals surface area contributed by atoms with Gasteiger partial charge in [-0.15, -0.1) is 0 Å². The van der Waals surface area contributed by atoms with E-state index in [0.717, 1.165) is 10.0 Å². The normalized spacial score (nSPS) is 10.0. The van der Waals surface area contributed by atoms with Crippen LogP contribution in [0.5, 0.6) is 5.75 Å². The summed E-state index contributed by atoms with van der Waals surface area (Å²) < 4.78 is 7.03. The molecule has 0 aromatic heterocycles. The zero-order chi connectivity index (χ0) is 21.6. The Hall–Kier alpha value is -2.57. The number of nitro benzene ring substituents is 1. The molecule has 0 fully saturated rings. The minimum absolute atomic E-state index is 0.155. The van der Waals surface area contributed by atoms with E-state index in [-0.39, 0.29) is 23.0 Å². The summed E-state index contributed by atoms with van der Waals surface area (Å²) in [5, 5.41) is 13.1. The highest BCUT2D eigenvalue weighted by molar-refractivity contribution is 9.11. The predicted octanol–water partition coefficient (Wildman–Crippen LogP) is 3.14. The van der Waals surface area contributed by atoms with Crippen molar-refractivity contribution < 1.29 is 19.2 Å². The molecule has 0 bridgehead atoms. The summed E-state index contributed by atoms with van der Waals surface area (Å²) in [5.41, 5.74) is 4.81. The molecule has 12 heteroatoms. The van der Waals surface area contributed by atoms with Crippen molar-refractivity contribution in [3.05, 3.63) is 66.6 Å². The number of hydrogen-bond acceptors (Lipinski definition) is 6. The first-order chi connectivity index (χ1) is 13.7. The van der Waals surface area contributed by atoms with Gasteiger partial charge in [0.2, 0.25) is 0 Å². The first-order valence-corrected chi connectivity index (χ1v) is 9.90. The number of ether oxygens (including phenoxy) is 1. The smallest absolute Gasteiger partial charge is 0.282 e. The first kappa shape index (κ1) is 22.7. The zero-order valence-electron chi connectivity index (χ0n) is 14.8. The molecular formula is C17H14Br2N4O5S. The van der Waals surface area contributed by atoms with Gasteiger partial charge >= 0.3 is 0 Å². The second-order valence-electron chi connectivity index (χ2n) is 5.55. The monoisotopic (exact) mass is 544 g/mol. The maximum absolute atomic E-state index is 12.1. The molecule has 2 amide bonds. The molecule has 0 saturated carbocycles. The number of carbonyl (C=O) groups is 2. The van der Waals surface area contributed by atoms with Crippen LogP contribution in [0.4, 0.5) is 5.69 Å². The predicted molar refractivity (Wildman–Crippen MR) is 117 cm³/mol. The maximum atomic E-state index is 12.1. The first-order valence-electron chi connectivity index (χ1n) is 7.91. The van der Waals surface area contributed by atoms with Crippen LogP contribution in [0.15, 0.2) is 45.3 Å². The summed E-state index contributed by atoms with van der Waals surface area (Å²) in [5.74, 6) is -0.830. The van der Waals surface area contributed by atoms with Gasteiger partial charge in [-0.25, -0.2) is 0 Å². The Bertz CT molecular complexity index is 963. The van der Waals surface area contributed by atoms with Crippen molar-refractivity contribution in [2.75, 3.05) is 6.61 Å². The molecule has 0 aliphatic rings. The lowest BCUT2D eigenvalue weighted by atomic mass is 10.2. The van der Waals surface area contributed by atoms with Crippen LogP contribution in [-0.4, -0.2) is 28.5 Å². The van der Waals surface area contributed by atoms with Crippen LogP contribution >= 0.6 is 44.1 Å². The van der Waals surface area contributed by atoms with Crippen molar-refractivity contribution in [1.82, 2.24) is 16.2 Å². The quantitative estimate of drug-likeness (QED) is 0.299. The van der Waals surface area contributed by atoms with E-state index in [1.165, 1.54) is 24.3 Å². The van der Waals surface area contributed by atoms with Gasteiger partial charge in [0.15, 0.2) is 11.7 Å². The molecule has 0 aliphatic carbocycles. The number of benzene rings is 2. The highest BCUT2D eigenvalue weighted by Gasteiger charge is 2.19. The molecule has 0 unspecified atom stereocenters. The molecule has 0 heterocycles. The van der Waals surface area contributed by atoms with Crippen molar-refractivity contribution in [2.45, 2.75) is 6.92 Å². The topological polar surface area (TPSA) is 123 Å². The fourth-order valence-electron chi connectivity index (χ4n) is 2.21. The number of hydrazine groups is 1. The molecule has 152 valence electrons. The van der Waals surface area contributed by atoms with Gasteiger partial charge in [0, 0.05) is 10.5 Å². The van der Waals surface area contributed by atoms with Crippen LogP contribution in [-0.2, 0) is 4.79 Å². The maximum Gasteiger partial charge on any atom is 0.282 e. The standard InChI is InChI=1S/C17H14Br2N4O5S/c1-9-6-10(18)7-12(19)15(9)28-8-14(24)20-17(29)22-21-16(25)11-4-2-3-5-13(11)23(26)27/h2-7H,8H2,1H3,(H,21,25)(H2,20,22,24,29). The van der Waals surface area contributed by atoms with Crippen LogP contribution < -0.4 is 20.9 Å². The molecule has 3 N–H and O–H groups in total. The van der Waals surface area contributed by atoms with Gasteiger partial charge < -0.3 is 4.74 Å². The summed E-state index contributed by atoms with van der Waals surface area (Å²) >= 11 is 11.6. The summed E-state index contributed by atoms with van der Waals surface area (Å²) in [4.78, 5) is 34.4. The Labute approximate surface area is 187 Å². The number of halogens is 2. The average Bonchev–Trinajstić information content (AvgIpc) is 2.65. The SMILES string of the molecule is Cc1cc(Br)cc(Br)c1OCC(=O)NC(=S)NNC(=O)c1ccccc1[N+](=O)[O-]. The number of aryl methyl sites for hydroxylation is 1. The number of nitrogens with zero attached hydrogens (tertiary/aromatic N) is 1. The van der Waals surface area contributed by atoms with E-state index in [2.05, 4.69) is 48.0 Å². The minimum atomic E-state index is -0.778. The van der Waals surface area contributed by atoms with E-state index in [1.54, 1.807) is 6.07 Å². The zero-order valence-corrected chi connectivity index (χ0v) is 18.8. The number of thiocarbonyl (C=S) groups is 1. The van der Waals surface area contributed by atoms with E-state index < -0.39 is 16.7 Å². The molecule has 2 rings (SSSR count). The number of nitro groups is 1. The Balaban J connectivity index is 1.86. The molecule has 0 saturated heterocycles. The van der Waals surface area contributed by atoms with Gasteiger partial charge in [-0.2, -0.15) is 0 Å². The third kappa shape index (κ3) is 6.48. The lowest BCUT2D eigenvalue weighted by molar-refractivity contribution is -0.385. The number of amides is 2. The van der Waals surface area contributed by atoms with Crippen LogP contribution in [0.2, 0.25) is 0 Å². The van der Waals surface area contributed by atoms with Gasteiger partial charge in [-0.05, 0) is 58.8 Å². The molecule has 0 spiro atoms. The summed E-state index contributed by atoms with van der Waals surface area (Å²) in [6.45, 7) is 1.51. The fraction of sp³-hybridized carbons (Fsp3) is 0.118. The molecule has 9 nitrogen and oxygen atoms in total. The molecular weight excluding hydrogens is 532 g/mol. The number of rotatable bonds is 5. The van der Waals surface area contributed by atoms with Gasteiger partial charge in [0.1, 0.15) is 11.3 Å². The van der Waals surface area contributed by atoms with Crippen LogP contribution in [0.25, 0.3) is 0 Å². The lowest BCUT2D eigenvalue weighted by Gasteiger charge is -2.13. The van der Waals surface area contributed by atoms with Crippen molar-refractivity contribution in [1.29, 1.82) is 0 Å². The molecule has 2 aromatic carbocycles. The van der Waals surface area contributed by atoms with Crippen LogP contribution in [0.3, 0.4) is 0 Å². The molecule has 0 radical (unpaired) electrons. The Morgan fingerprint density at radius 3 is 2.55 bits per heavy atom. The summed E-state index contributed by atoms with van der Waals surface area (Å²) in [6.07, 6.45) is 0. The van der Waals surface area contributed by atoms with Crippen molar-refractivity contribution in [3.63, 3.8) is 0 Å². The summed E-state index contributed by atoms with van der Waals surface area (Å²) in [7, 11) is 0. The Morgan fingerprint density at radius 1 is 1.21 bits per heavy atom. The number of carbonyl (C=O) groups excluding carboxylic acids is 2. The second-order valence-corrected chi connectivity index (χ2v) is 7.73. The van der Waals surface area contributed by atoms with Gasteiger partial charge in [-0.3, -0.25) is 35.9 Å². The number of hydrogen-bond donors (Lipinski definition) is 3. The van der Waals surface area contributed by atoms with E-state index in [0.29, 0.717) is 10.2 Å². The number of nitrogens with one attached hydrogen (secondary N) is 3.